The van der Waals surface area contributed by atoms with Crippen molar-refractivity contribution in [2.75, 3.05) is 0 Å². The first-order chi connectivity index (χ1) is 6.34. The summed E-state index contributed by atoms with van der Waals surface area (Å²) in [6.07, 6.45) is -4.68. The van der Waals surface area contributed by atoms with Crippen LogP contribution in [0.2, 0.25) is 5.02 Å². The minimum absolute atomic E-state index is 0.373. The van der Waals surface area contributed by atoms with Gasteiger partial charge in [0.1, 0.15) is 11.9 Å². The van der Waals surface area contributed by atoms with Gasteiger partial charge >= 0.3 is 6.18 Å². The van der Waals surface area contributed by atoms with E-state index in [0.717, 1.165) is 12.1 Å². The van der Waals surface area contributed by atoms with Crippen LogP contribution < -0.4 is 5.73 Å². The molecule has 0 aromatic heterocycles. The second kappa shape index (κ2) is 3.74. The molecule has 2 N–H and O–H groups in total. The van der Waals surface area contributed by atoms with Gasteiger partial charge in [0.25, 0.3) is 0 Å². The summed E-state index contributed by atoms with van der Waals surface area (Å²) in [5.74, 6) is -1.13. The average molecular weight is 228 g/mol. The largest absolute Gasteiger partial charge is 0.407 e. The van der Waals surface area contributed by atoms with Crippen molar-refractivity contribution in [1.29, 1.82) is 0 Å². The molecule has 0 aliphatic heterocycles. The molecule has 1 nitrogen and oxygen atoms in total. The summed E-state index contributed by atoms with van der Waals surface area (Å²) < 4.78 is 49.4. The fourth-order valence-electron chi connectivity index (χ4n) is 0.937. The Morgan fingerprint density at radius 1 is 1.29 bits per heavy atom. The van der Waals surface area contributed by atoms with Gasteiger partial charge in [0.15, 0.2) is 0 Å². The number of nitrogens with two attached hydrogens (primary N) is 1. The lowest BCUT2D eigenvalue weighted by Gasteiger charge is -2.16. The van der Waals surface area contributed by atoms with Crippen molar-refractivity contribution >= 4 is 11.6 Å². The molecular formula is C8H6ClF4N. The third-order valence-corrected chi connectivity index (χ3v) is 1.96. The summed E-state index contributed by atoms with van der Waals surface area (Å²) in [6.45, 7) is 0. The molecule has 1 aromatic rings. The zero-order valence-electron chi connectivity index (χ0n) is 6.78. The van der Waals surface area contributed by atoms with Crippen LogP contribution in [0.25, 0.3) is 0 Å². The van der Waals surface area contributed by atoms with Gasteiger partial charge in [0.2, 0.25) is 0 Å². The van der Waals surface area contributed by atoms with Crippen molar-refractivity contribution in [2.45, 2.75) is 12.2 Å². The molecule has 6 heteroatoms. The van der Waals surface area contributed by atoms with Gasteiger partial charge in [-0.15, -0.1) is 0 Å². The van der Waals surface area contributed by atoms with Gasteiger partial charge in [-0.1, -0.05) is 23.7 Å². The SMILES string of the molecule is NC(c1cccc(Cl)c1F)C(F)(F)F. The third kappa shape index (κ3) is 2.16. The van der Waals surface area contributed by atoms with E-state index in [-0.39, 0.29) is 5.02 Å². The maximum Gasteiger partial charge on any atom is 0.407 e. The van der Waals surface area contributed by atoms with E-state index in [4.69, 9.17) is 17.3 Å². The first-order valence-corrected chi connectivity index (χ1v) is 3.98. The van der Waals surface area contributed by atoms with Crippen LogP contribution in [0.4, 0.5) is 17.6 Å². The molecule has 0 amide bonds. The molecule has 1 unspecified atom stereocenters. The standard InChI is InChI=1S/C8H6ClF4N/c9-5-3-1-2-4(6(5)10)7(14)8(11,12)13/h1-3,7H,14H2. The van der Waals surface area contributed by atoms with Crippen molar-refractivity contribution in [2.24, 2.45) is 5.73 Å². The predicted octanol–water partition coefficient (Wildman–Crippen LogP) is 3.04. The van der Waals surface area contributed by atoms with Crippen molar-refractivity contribution in [3.05, 3.63) is 34.6 Å². The Morgan fingerprint density at radius 3 is 2.36 bits per heavy atom. The molecule has 0 saturated carbocycles. The maximum atomic E-state index is 13.1. The molecule has 0 bridgehead atoms. The molecule has 1 aromatic carbocycles. The summed E-state index contributed by atoms with van der Waals surface area (Å²) >= 11 is 5.31. The molecule has 0 saturated heterocycles. The quantitative estimate of drug-likeness (QED) is 0.734. The van der Waals surface area contributed by atoms with Crippen LogP contribution in [-0.4, -0.2) is 6.18 Å². The van der Waals surface area contributed by atoms with Crippen molar-refractivity contribution in [1.82, 2.24) is 0 Å². The normalized spacial score (nSPS) is 14.1. The van der Waals surface area contributed by atoms with E-state index < -0.39 is 23.6 Å². The maximum absolute atomic E-state index is 13.1. The highest BCUT2D eigenvalue weighted by Crippen LogP contribution is 2.33. The van der Waals surface area contributed by atoms with E-state index >= 15 is 0 Å². The molecule has 0 aliphatic rings. The molecule has 0 aliphatic carbocycles. The van der Waals surface area contributed by atoms with E-state index in [1.54, 1.807) is 0 Å². The Kier molecular flexibility index (Phi) is 3.01. The number of halogens is 5. The molecule has 0 fully saturated rings. The molecule has 0 radical (unpaired) electrons. The lowest BCUT2D eigenvalue weighted by atomic mass is 10.1. The van der Waals surface area contributed by atoms with Crippen LogP contribution in [0.15, 0.2) is 18.2 Å². The summed E-state index contributed by atoms with van der Waals surface area (Å²) in [5, 5.41) is -0.373. The van der Waals surface area contributed by atoms with Gasteiger partial charge in [-0.05, 0) is 6.07 Å². The van der Waals surface area contributed by atoms with Gasteiger partial charge in [-0.3, -0.25) is 0 Å². The number of hydrogen-bond acceptors (Lipinski definition) is 1. The van der Waals surface area contributed by atoms with Crippen LogP contribution in [0.1, 0.15) is 11.6 Å². The molecule has 78 valence electrons. The molecule has 14 heavy (non-hydrogen) atoms. The minimum atomic E-state index is -4.68. The van der Waals surface area contributed by atoms with Crippen molar-refractivity contribution in [3.8, 4) is 0 Å². The molecule has 1 rings (SSSR count). The highest BCUT2D eigenvalue weighted by Gasteiger charge is 2.39. The first-order valence-electron chi connectivity index (χ1n) is 3.60. The average Bonchev–Trinajstić information content (AvgIpc) is 2.07. The molecule has 0 spiro atoms. The summed E-state index contributed by atoms with van der Waals surface area (Å²) in [4.78, 5) is 0. The summed E-state index contributed by atoms with van der Waals surface area (Å²) in [7, 11) is 0. The van der Waals surface area contributed by atoms with Gasteiger partial charge in [0, 0.05) is 5.56 Å². The Hall–Kier alpha value is -0.810. The predicted molar refractivity (Wildman–Crippen MR) is 44.4 cm³/mol. The highest BCUT2D eigenvalue weighted by molar-refractivity contribution is 6.30. The van der Waals surface area contributed by atoms with E-state index in [2.05, 4.69) is 0 Å². The van der Waals surface area contributed by atoms with Crippen LogP contribution in [0.5, 0.6) is 0 Å². The second-order valence-corrected chi connectivity index (χ2v) is 3.07. The lowest BCUT2D eigenvalue weighted by Crippen LogP contribution is -2.29. The van der Waals surface area contributed by atoms with E-state index in [1.807, 2.05) is 0 Å². The number of hydrogen-bond donors (Lipinski definition) is 1. The van der Waals surface area contributed by atoms with Gasteiger partial charge < -0.3 is 5.73 Å². The minimum Gasteiger partial charge on any atom is -0.316 e. The first kappa shape index (κ1) is 11.3. The van der Waals surface area contributed by atoms with E-state index in [0.29, 0.717) is 0 Å². The highest BCUT2D eigenvalue weighted by atomic mass is 35.5. The molecular weight excluding hydrogens is 222 g/mol. The fourth-order valence-corrected chi connectivity index (χ4v) is 1.12. The summed E-state index contributed by atoms with van der Waals surface area (Å²) in [6, 6.07) is 0.982. The Labute approximate surface area is 82.5 Å². The van der Waals surface area contributed by atoms with Crippen molar-refractivity contribution in [3.63, 3.8) is 0 Å². The Bertz CT molecular complexity index is 337. The fraction of sp³-hybridized carbons (Fsp3) is 0.250. The van der Waals surface area contributed by atoms with Crippen LogP contribution in [-0.2, 0) is 0 Å². The van der Waals surface area contributed by atoms with E-state index in [9.17, 15) is 17.6 Å². The van der Waals surface area contributed by atoms with Crippen LogP contribution >= 0.6 is 11.6 Å². The number of benzene rings is 1. The van der Waals surface area contributed by atoms with Crippen LogP contribution in [0, 0.1) is 5.82 Å². The van der Waals surface area contributed by atoms with E-state index in [1.165, 1.54) is 6.07 Å². The Morgan fingerprint density at radius 2 is 1.86 bits per heavy atom. The second-order valence-electron chi connectivity index (χ2n) is 2.66. The van der Waals surface area contributed by atoms with Crippen LogP contribution in [0.3, 0.4) is 0 Å². The van der Waals surface area contributed by atoms with Crippen molar-refractivity contribution < 1.29 is 17.6 Å². The third-order valence-electron chi connectivity index (χ3n) is 1.67. The van der Waals surface area contributed by atoms with Gasteiger partial charge in [-0.2, -0.15) is 13.2 Å². The zero-order valence-corrected chi connectivity index (χ0v) is 7.53. The number of alkyl halides is 3. The Balaban J connectivity index is 3.14. The topological polar surface area (TPSA) is 26.0 Å². The molecule has 0 heterocycles. The van der Waals surface area contributed by atoms with Gasteiger partial charge in [0.05, 0.1) is 5.02 Å². The molecule has 1 atom stereocenters. The summed E-state index contributed by atoms with van der Waals surface area (Å²) in [5.41, 5.74) is 4.17. The zero-order chi connectivity index (χ0) is 10.9. The smallest absolute Gasteiger partial charge is 0.316 e. The number of rotatable bonds is 1. The van der Waals surface area contributed by atoms with Gasteiger partial charge in [-0.25, -0.2) is 4.39 Å². The monoisotopic (exact) mass is 227 g/mol. The lowest BCUT2D eigenvalue weighted by molar-refractivity contribution is -0.149.